The van der Waals surface area contributed by atoms with Crippen molar-refractivity contribution < 1.29 is 72.9 Å². The molecule has 0 aliphatic carbocycles. The molecule has 3 rings (SSSR count). The number of carbonyl (C=O) groups is 12. The Kier molecular flexibility index (Phi) is 35.1. The van der Waals surface area contributed by atoms with Crippen LogP contribution in [0.4, 0.5) is 0 Å². The van der Waals surface area contributed by atoms with Gasteiger partial charge in [-0.2, -0.15) is 0 Å². The molecule has 0 saturated heterocycles. The smallest absolute Gasteiger partial charge is 0.243 e. The van der Waals surface area contributed by atoms with E-state index in [0.717, 1.165) is 0 Å². The zero-order valence-electron chi connectivity index (χ0n) is 57.3. The van der Waals surface area contributed by atoms with Crippen molar-refractivity contribution >= 4 is 82.8 Å². The molecule has 0 heterocycles. The molecular formula is C66H101N19O15. The molecule has 0 radical (unpaired) electrons. The second kappa shape index (κ2) is 42.1. The minimum Gasteiger partial charge on any atom is -0.508 e. The van der Waals surface area contributed by atoms with Crippen LogP contribution < -0.4 is 93.7 Å². The first kappa shape index (κ1) is 83.4. The van der Waals surface area contributed by atoms with Crippen molar-refractivity contribution in [2.75, 3.05) is 13.1 Å². The van der Waals surface area contributed by atoms with E-state index in [1.807, 2.05) is 0 Å². The van der Waals surface area contributed by atoms with Gasteiger partial charge in [0.15, 0.2) is 11.9 Å². The molecule has 0 aromatic heterocycles. The lowest BCUT2D eigenvalue weighted by Crippen LogP contribution is -2.61. The number of amides is 12. The van der Waals surface area contributed by atoms with E-state index in [9.17, 15) is 72.9 Å². The molecule has 0 aliphatic heterocycles. The number of aliphatic imine (C=N–C) groups is 2. The number of phenolic OH excluding ortho intramolecular Hbond substituents is 3. The number of primary amides is 3. The summed E-state index contributed by atoms with van der Waals surface area (Å²) in [6.07, 6.45) is -2.16. The molecule has 34 nitrogen and oxygen atoms in total. The molecule has 12 amide bonds. The van der Waals surface area contributed by atoms with Crippen LogP contribution in [-0.2, 0) is 76.8 Å². The first-order chi connectivity index (χ1) is 47.0. The van der Waals surface area contributed by atoms with Crippen molar-refractivity contribution in [1.82, 2.24) is 47.9 Å². The summed E-state index contributed by atoms with van der Waals surface area (Å²) in [7, 11) is 0. The first-order valence-electron chi connectivity index (χ1n) is 32.8. The molecule has 11 atom stereocenters. The second-order valence-electron chi connectivity index (χ2n) is 25.3. The fourth-order valence-electron chi connectivity index (χ4n) is 10.2. The van der Waals surface area contributed by atoms with Gasteiger partial charge in [0.2, 0.25) is 70.9 Å². The monoisotopic (exact) mass is 1400 g/mol. The molecule has 0 fully saturated rings. The van der Waals surface area contributed by atoms with Crippen LogP contribution in [0.1, 0.15) is 122 Å². The van der Waals surface area contributed by atoms with Gasteiger partial charge in [0.25, 0.3) is 0 Å². The summed E-state index contributed by atoms with van der Waals surface area (Å²) in [5.74, 6) is -13.2. The highest BCUT2D eigenvalue weighted by Crippen LogP contribution is 2.18. The van der Waals surface area contributed by atoms with Crippen molar-refractivity contribution in [1.29, 1.82) is 0 Å². The standard InChI is InChI=1S/C66H101N19O15/c1-7-36(6)54(85-56(92)43(67)30-37-12-18-40(86)19-13-37)64(100)84-51(33-53(69)90)63(99)82-48(28-34(2)3)60(96)81-49(29-35(4)5)61(97)83-50(32-39-16-22-42(88)23-17-39)62(98)78-44(10-8-26-75-65(71)72)57(93)79-46(24-25-52(68)89)59(95)77-45(11-9-27-76-66(73)74)58(94)80-47(55(70)91)31-38-14-20-41(87)21-15-38/h12-23,34-36,43-51,54,86-88H,7-11,24-33,67H2,1-6H3,(H2,68,89)(H2,69,90)(H2,70,91)(H,77,95)(H,78,98)(H,79,93)(H,80,94)(H,81,96)(H,82,99)(H,83,97)(H,84,100)(H,85,92)(H4,71,72,75)(H4,73,74,76)/t36-,43-,44-,45-,46-,47-,48-,49-,50-,51-,54-/m0/s1. The number of phenols is 3. The number of hydrogen-bond acceptors (Lipinski definition) is 18. The molecular weight excluding hydrogens is 1300 g/mol. The molecule has 28 N–H and O–H groups in total. The number of aromatic hydroxyl groups is 3. The number of nitrogens with two attached hydrogens (primary N) is 8. The van der Waals surface area contributed by atoms with Gasteiger partial charge in [0.05, 0.1) is 12.5 Å². The average molecular weight is 1400 g/mol. The predicted octanol–water partition coefficient (Wildman–Crippen LogP) is -3.61. The maximum Gasteiger partial charge on any atom is 0.243 e. The minimum atomic E-state index is -1.69. The van der Waals surface area contributed by atoms with Gasteiger partial charge in [-0.15, -0.1) is 0 Å². The minimum absolute atomic E-state index is 0.00296. The lowest BCUT2D eigenvalue weighted by molar-refractivity contribution is -0.137. The van der Waals surface area contributed by atoms with E-state index in [-0.39, 0.29) is 112 Å². The average Bonchev–Trinajstić information content (AvgIpc) is 0.858. The van der Waals surface area contributed by atoms with E-state index in [0.29, 0.717) is 23.1 Å². The molecule has 34 heteroatoms. The highest BCUT2D eigenvalue weighted by Gasteiger charge is 2.37. The number of carbonyl (C=O) groups excluding carboxylic acids is 12. The van der Waals surface area contributed by atoms with Crippen LogP contribution in [0.15, 0.2) is 82.8 Å². The van der Waals surface area contributed by atoms with Gasteiger partial charge in [0.1, 0.15) is 71.6 Å². The molecule has 0 unspecified atom stereocenters. The van der Waals surface area contributed by atoms with E-state index in [4.69, 9.17) is 45.9 Å². The summed E-state index contributed by atoms with van der Waals surface area (Å²) in [4.78, 5) is 174. The maximum atomic E-state index is 14.9. The Balaban J connectivity index is 2.01. The lowest BCUT2D eigenvalue weighted by atomic mass is 9.96. The highest BCUT2D eigenvalue weighted by molar-refractivity contribution is 6.00. The number of nitrogens with zero attached hydrogens (tertiary/aromatic N) is 2. The van der Waals surface area contributed by atoms with Crippen molar-refractivity contribution in [3.63, 3.8) is 0 Å². The van der Waals surface area contributed by atoms with Gasteiger partial charge in [-0.05, 0) is 122 Å². The van der Waals surface area contributed by atoms with Crippen LogP contribution in [0.25, 0.3) is 0 Å². The van der Waals surface area contributed by atoms with Crippen LogP contribution in [0, 0.1) is 17.8 Å². The highest BCUT2D eigenvalue weighted by atomic mass is 16.3. The number of hydrogen-bond donors (Lipinski definition) is 20. The number of benzene rings is 3. The Bertz CT molecular complexity index is 3310. The Morgan fingerprint density at radius 1 is 0.390 bits per heavy atom. The molecule has 100 heavy (non-hydrogen) atoms. The van der Waals surface area contributed by atoms with Crippen molar-refractivity contribution in [3.8, 4) is 17.2 Å². The van der Waals surface area contributed by atoms with Crippen LogP contribution in [0.3, 0.4) is 0 Å². The molecule has 550 valence electrons. The summed E-state index contributed by atoms with van der Waals surface area (Å²) in [5.41, 5.74) is 46.7. The topological polar surface area (TPSA) is 607 Å². The van der Waals surface area contributed by atoms with E-state index in [1.165, 1.54) is 60.7 Å². The largest absolute Gasteiger partial charge is 0.508 e. The van der Waals surface area contributed by atoms with Crippen LogP contribution in [0.2, 0.25) is 0 Å². The van der Waals surface area contributed by atoms with Gasteiger partial charge in [-0.1, -0.05) is 84.4 Å². The van der Waals surface area contributed by atoms with E-state index in [1.54, 1.807) is 53.7 Å². The van der Waals surface area contributed by atoms with Gasteiger partial charge < -0.3 is 109 Å². The number of nitrogens with one attached hydrogen (secondary N) is 9. The Morgan fingerprint density at radius 2 is 0.720 bits per heavy atom. The molecule has 0 saturated carbocycles. The first-order valence-corrected chi connectivity index (χ1v) is 32.8. The van der Waals surface area contributed by atoms with Crippen molar-refractivity contribution in [2.24, 2.45) is 73.6 Å². The number of guanidine groups is 2. The van der Waals surface area contributed by atoms with E-state index in [2.05, 4.69) is 57.8 Å². The van der Waals surface area contributed by atoms with Gasteiger partial charge in [-0.3, -0.25) is 67.5 Å². The molecule has 3 aromatic rings. The quantitative estimate of drug-likeness (QED) is 0.0148. The SMILES string of the molecule is CC[C@H](C)[C@H](NC(=O)[C@@H](N)Cc1ccc(O)cc1)C(=O)N[C@@H](CC(N)=O)C(=O)N[C@@H](CC(C)C)C(=O)N[C@@H](CC(C)C)C(=O)N[C@@H](Cc1ccc(O)cc1)C(=O)N[C@@H](CCCN=C(N)N)C(=O)N[C@@H](CCC(N)=O)C(=O)N[C@@H](CCCN=C(N)N)C(=O)N[C@@H](Cc1ccc(O)cc1)C(N)=O. The number of rotatable bonds is 44. The summed E-state index contributed by atoms with van der Waals surface area (Å²) in [6, 6.07) is 2.65. The molecule has 0 bridgehead atoms. The predicted molar refractivity (Wildman–Crippen MR) is 370 cm³/mol. The summed E-state index contributed by atoms with van der Waals surface area (Å²) in [6.45, 7) is 10.3. The maximum absolute atomic E-state index is 14.9. The molecule has 0 aliphatic rings. The van der Waals surface area contributed by atoms with Gasteiger partial charge in [-0.25, -0.2) is 0 Å². The molecule has 0 spiro atoms. The van der Waals surface area contributed by atoms with Gasteiger partial charge >= 0.3 is 0 Å². The van der Waals surface area contributed by atoms with Crippen LogP contribution in [-0.4, -0.2) is 172 Å². The van der Waals surface area contributed by atoms with Crippen LogP contribution in [0.5, 0.6) is 17.2 Å². The third kappa shape index (κ3) is 31.2. The zero-order chi connectivity index (χ0) is 74.9. The van der Waals surface area contributed by atoms with Crippen molar-refractivity contribution in [3.05, 3.63) is 89.5 Å². The summed E-state index contributed by atoms with van der Waals surface area (Å²) >= 11 is 0. The Labute approximate surface area is 580 Å². The van der Waals surface area contributed by atoms with E-state index < -0.39 is 156 Å². The van der Waals surface area contributed by atoms with E-state index >= 15 is 0 Å². The second-order valence-corrected chi connectivity index (χ2v) is 25.3. The Morgan fingerprint density at radius 3 is 1.09 bits per heavy atom. The fraction of sp³-hybridized carbons (Fsp3) is 0.515. The lowest BCUT2D eigenvalue weighted by Gasteiger charge is -2.29. The van der Waals surface area contributed by atoms with Crippen LogP contribution >= 0.6 is 0 Å². The summed E-state index contributed by atoms with van der Waals surface area (Å²) in [5, 5.41) is 53.0. The van der Waals surface area contributed by atoms with Crippen molar-refractivity contribution in [2.45, 2.75) is 185 Å². The fourth-order valence-corrected chi connectivity index (χ4v) is 10.2. The molecule has 3 aromatic carbocycles. The zero-order valence-corrected chi connectivity index (χ0v) is 57.3. The normalized spacial score (nSPS) is 14.4. The summed E-state index contributed by atoms with van der Waals surface area (Å²) < 4.78 is 0. The third-order valence-electron chi connectivity index (χ3n) is 15.8. The third-order valence-corrected chi connectivity index (χ3v) is 15.8. The Hall–Kier alpha value is -10.8. The van der Waals surface area contributed by atoms with Gasteiger partial charge in [0, 0.05) is 32.4 Å².